The van der Waals surface area contributed by atoms with E-state index in [9.17, 15) is 18.0 Å². The van der Waals surface area contributed by atoms with Gasteiger partial charge in [0.2, 0.25) is 0 Å². The van der Waals surface area contributed by atoms with E-state index in [0.29, 0.717) is 6.07 Å². The van der Waals surface area contributed by atoms with E-state index in [2.05, 4.69) is 4.98 Å². The first-order valence-corrected chi connectivity index (χ1v) is 5.80. The quantitative estimate of drug-likeness (QED) is 0.834. The summed E-state index contributed by atoms with van der Waals surface area (Å²) < 4.78 is 37.9. The summed E-state index contributed by atoms with van der Waals surface area (Å²) in [4.78, 5) is 13.5. The van der Waals surface area contributed by atoms with Crippen molar-refractivity contribution in [3.8, 4) is 11.3 Å². The molecule has 0 unspecified atom stereocenters. The molecule has 1 aromatic heterocycles. The fraction of sp³-hybridized carbons (Fsp3) is 0.0833. The van der Waals surface area contributed by atoms with E-state index >= 15 is 0 Å². The summed E-state index contributed by atoms with van der Waals surface area (Å²) in [6.45, 7) is 0. The van der Waals surface area contributed by atoms with Gasteiger partial charge in [-0.2, -0.15) is 13.2 Å². The van der Waals surface area contributed by atoms with Crippen LogP contribution in [0.2, 0.25) is 10.0 Å². The van der Waals surface area contributed by atoms with Crippen molar-refractivity contribution in [1.82, 2.24) is 4.98 Å². The van der Waals surface area contributed by atoms with Crippen LogP contribution < -0.4 is 5.43 Å². The first-order chi connectivity index (χ1) is 8.79. The van der Waals surface area contributed by atoms with Crippen LogP contribution in [0.25, 0.3) is 11.3 Å². The first-order valence-electron chi connectivity index (χ1n) is 5.05. The number of aromatic nitrogens is 1. The number of benzene rings is 1. The molecule has 0 bridgehead atoms. The molecule has 100 valence electrons. The average molecular weight is 308 g/mol. The lowest BCUT2D eigenvalue weighted by Crippen LogP contribution is -2.13. The molecule has 2 nitrogen and oxygen atoms in total. The summed E-state index contributed by atoms with van der Waals surface area (Å²) in [5, 5.41) is 0.310. The number of halogens is 5. The summed E-state index contributed by atoms with van der Waals surface area (Å²) in [6.07, 6.45) is -4.65. The maximum Gasteiger partial charge on any atom is 0.431 e. The molecule has 19 heavy (non-hydrogen) atoms. The minimum Gasteiger partial charge on any atom is -0.351 e. The summed E-state index contributed by atoms with van der Waals surface area (Å²) >= 11 is 11.8. The third-order valence-electron chi connectivity index (χ3n) is 2.38. The van der Waals surface area contributed by atoms with Crippen LogP contribution in [-0.2, 0) is 6.18 Å². The van der Waals surface area contributed by atoms with E-state index in [0.717, 1.165) is 6.07 Å². The summed E-state index contributed by atoms with van der Waals surface area (Å²) in [7, 11) is 0. The van der Waals surface area contributed by atoms with Gasteiger partial charge < -0.3 is 4.98 Å². The van der Waals surface area contributed by atoms with Gasteiger partial charge in [0, 0.05) is 17.7 Å². The smallest absolute Gasteiger partial charge is 0.351 e. The molecule has 1 heterocycles. The van der Waals surface area contributed by atoms with Gasteiger partial charge >= 0.3 is 6.18 Å². The van der Waals surface area contributed by atoms with E-state index in [1.54, 1.807) is 6.07 Å². The Morgan fingerprint density at radius 2 is 1.63 bits per heavy atom. The lowest BCUT2D eigenvalue weighted by molar-refractivity contribution is -0.141. The van der Waals surface area contributed by atoms with Crippen LogP contribution in [0.15, 0.2) is 35.1 Å². The predicted molar refractivity (Wildman–Crippen MR) is 67.5 cm³/mol. The highest BCUT2D eigenvalue weighted by Crippen LogP contribution is 2.34. The number of pyridine rings is 1. The Hall–Kier alpha value is -1.46. The van der Waals surface area contributed by atoms with Gasteiger partial charge in [0.05, 0.1) is 15.7 Å². The van der Waals surface area contributed by atoms with E-state index in [4.69, 9.17) is 23.2 Å². The zero-order valence-electron chi connectivity index (χ0n) is 9.18. The van der Waals surface area contributed by atoms with Crippen molar-refractivity contribution in [2.75, 3.05) is 0 Å². The number of alkyl halides is 3. The van der Waals surface area contributed by atoms with Crippen molar-refractivity contribution in [2.24, 2.45) is 0 Å². The van der Waals surface area contributed by atoms with E-state index in [-0.39, 0.29) is 21.3 Å². The van der Waals surface area contributed by atoms with E-state index in [1.807, 2.05) is 0 Å². The molecule has 0 aliphatic carbocycles. The Labute approximate surface area is 115 Å². The van der Waals surface area contributed by atoms with Gasteiger partial charge in [0.25, 0.3) is 0 Å². The largest absolute Gasteiger partial charge is 0.431 e. The Balaban J connectivity index is 2.70. The molecule has 1 N–H and O–H groups in total. The van der Waals surface area contributed by atoms with Gasteiger partial charge in [-0.3, -0.25) is 4.79 Å². The van der Waals surface area contributed by atoms with Gasteiger partial charge in [-0.15, -0.1) is 0 Å². The molecule has 1 aromatic carbocycles. The minimum absolute atomic E-state index is 0.0737. The topological polar surface area (TPSA) is 32.9 Å². The van der Waals surface area contributed by atoms with Gasteiger partial charge in [-0.25, -0.2) is 0 Å². The van der Waals surface area contributed by atoms with Crippen molar-refractivity contribution in [3.63, 3.8) is 0 Å². The van der Waals surface area contributed by atoms with Crippen LogP contribution in [0, 0.1) is 0 Å². The molecular weight excluding hydrogens is 302 g/mol. The molecule has 7 heteroatoms. The molecule has 0 atom stereocenters. The molecule has 0 fully saturated rings. The standard InChI is InChI=1S/C12H6Cl2F3NO/c13-7-2-1-3-8(14)11(7)9-4-6(19)5-10(18-9)12(15,16)17/h1-5H,(H,18,19). The Kier molecular flexibility index (Phi) is 3.60. The predicted octanol–water partition coefficient (Wildman–Crippen LogP) is 4.37. The number of hydrogen-bond donors (Lipinski definition) is 1. The zero-order chi connectivity index (χ0) is 14.2. The second kappa shape index (κ2) is 4.90. The number of hydrogen-bond acceptors (Lipinski definition) is 1. The van der Waals surface area contributed by atoms with Gasteiger partial charge in [0.1, 0.15) is 5.69 Å². The van der Waals surface area contributed by atoms with Crippen molar-refractivity contribution in [3.05, 3.63) is 56.3 Å². The third kappa shape index (κ3) is 2.93. The first kappa shape index (κ1) is 14.0. The third-order valence-corrected chi connectivity index (χ3v) is 3.01. The maximum absolute atomic E-state index is 12.6. The highest BCUT2D eigenvalue weighted by Gasteiger charge is 2.32. The molecule has 0 aliphatic rings. The summed E-state index contributed by atoms with van der Waals surface area (Å²) in [5.41, 5.74) is -1.84. The summed E-state index contributed by atoms with van der Waals surface area (Å²) in [6, 6.07) is 6.00. The SMILES string of the molecule is O=c1cc(-c2c(Cl)cccc2Cl)[nH]c(C(F)(F)F)c1. The zero-order valence-corrected chi connectivity index (χ0v) is 10.7. The van der Waals surface area contributed by atoms with Gasteiger partial charge in [-0.1, -0.05) is 29.3 Å². The van der Waals surface area contributed by atoms with Crippen LogP contribution in [-0.4, -0.2) is 4.98 Å². The number of aromatic amines is 1. The van der Waals surface area contributed by atoms with Crippen LogP contribution in [0.1, 0.15) is 5.69 Å². The number of rotatable bonds is 1. The molecule has 0 saturated heterocycles. The lowest BCUT2D eigenvalue weighted by atomic mass is 10.1. The highest BCUT2D eigenvalue weighted by atomic mass is 35.5. The lowest BCUT2D eigenvalue weighted by Gasteiger charge is -2.11. The van der Waals surface area contributed by atoms with Crippen molar-refractivity contribution in [2.45, 2.75) is 6.18 Å². The molecule has 0 amide bonds. The fourth-order valence-electron chi connectivity index (χ4n) is 1.59. The highest BCUT2D eigenvalue weighted by molar-refractivity contribution is 6.39. The molecule has 0 radical (unpaired) electrons. The average Bonchev–Trinajstić information content (AvgIpc) is 2.26. The maximum atomic E-state index is 12.6. The molecule has 0 saturated carbocycles. The second-order valence-electron chi connectivity index (χ2n) is 3.74. The Bertz CT molecular complexity index is 659. The Morgan fingerprint density at radius 1 is 1.05 bits per heavy atom. The van der Waals surface area contributed by atoms with Crippen LogP contribution in [0.4, 0.5) is 13.2 Å². The normalized spacial score (nSPS) is 11.6. The monoisotopic (exact) mass is 307 g/mol. The molecular formula is C12H6Cl2F3NO. The number of nitrogens with one attached hydrogen (secondary N) is 1. The fourth-order valence-corrected chi connectivity index (χ4v) is 2.19. The summed E-state index contributed by atoms with van der Waals surface area (Å²) in [5.74, 6) is 0. The molecule has 0 aliphatic heterocycles. The van der Waals surface area contributed by atoms with Gasteiger partial charge in [0.15, 0.2) is 5.43 Å². The van der Waals surface area contributed by atoms with E-state index in [1.165, 1.54) is 12.1 Å². The number of H-pyrrole nitrogens is 1. The van der Waals surface area contributed by atoms with Gasteiger partial charge in [-0.05, 0) is 12.1 Å². The van der Waals surface area contributed by atoms with Crippen LogP contribution in [0.5, 0.6) is 0 Å². The van der Waals surface area contributed by atoms with E-state index < -0.39 is 17.3 Å². The van der Waals surface area contributed by atoms with Crippen molar-refractivity contribution >= 4 is 23.2 Å². The van der Waals surface area contributed by atoms with Crippen molar-refractivity contribution in [1.29, 1.82) is 0 Å². The molecule has 0 spiro atoms. The molecule has 2 rings (SSSR count). The van der Waals surface area contributed by atoms with Crippen LogP contribution in [0.3, 0.4) is 0 Å². The minimum atomic E-state index is -4.65. The van der Waals surface area contributed by atoms with Crippen molar-refractivity contribution < 1.29 is 13.2 Å². The second-order valence-corrected chi connectivity index (χ2v) is 4.55. The van der Waals surface area contributed by atoms with Crippen LogP contribution >= 0.6 is 23.2 Å². The Morgan fingerprint density at radius 3 is 2.16 bits per heavy atom. The molecule has 2 aromatic rings.